The molecule has 0 aliphatic carbocycles. The van der Waals surface area contributed by atoms with Gasteiger partial charge >= 0.3 is 0 Å². The number of thioether (sulfide) groups is 1. The second-order valence-corrected chi connectivity index (χ2v) is 9.97. The van der Waals surface area contributed by atoms with Crippen LogP contribution in [0.1, 0.15) is 39.0 Å². The van der Waals surface area contributed by atoms with Crippen LogP contribution in [0.2, 0.25) is 0 Å². The summed E-state index contributed by atoms with van der Waals surface area (Å²) >= 11 is 1.79. The normalized spacial score (nSPS) is 11.9. The Balaban J connectivity index is 2.42. The monoisotopic (exact) mass is 383 g/mol. The fraction of sp³-hybridized carbons (Fsp3) is 0.318. The van der Waals surface area contributed by atoms with Gasteiger partial charge in [-0.1, -0.05) is 74.0 Å². The highest BCUT2D eigenvalue weighted by atomic mass is 32.2. The van der Waals surface area contributed by atoms with Gasteiger partial charge < -0.3 is 4.57 Å². The summed E-state index contributed by atoms with van der Waals surface area (Å²) in [6, 6.07) is 21.7. The Morgan fingerprint density at radius 1 is 1.04 bits per heavy atom. The van der Waals surface area contributed by atoms with Crippen LogP contribution >= 0.6 is 18.9 Å². The van der Waals surface area contributed by atoms with Gasteiger partial charge in [0.15, 0.2) is 7.14 Å². The first-order chi connectivity index (χ1) is 12.7. The maximum Gasteiger partial charge on any atom is 0.164 e. The molecule has 0 saturated heterocycles. The minimum absolute atomic E-state index is 0.534. The Kier molecular flexibility index (Phi) is 8.75. The molecular formula is C22H26NOPS. The Hall–Kier alpha value is -1.75. The molecule has 2 aromatic carbocycles. The van der Waals surface area contributed by atoms with Crippen LogP contribution in [0.5, 0.6) is 0 Å². The predicted molar refractivity (Wildman–Crippen MR) is 115 cm³/mol. The van der Waals surface area contributed by atoms with Crippen molar-refractivity contribution in [1.82, 2.24) is 0 Å². The van der Waals surface area contributed by atoms with E-state index < -0.39 is 7.14 Å². The number of hydrogen-bond acceptors (Lipinski definition) is 3. The van der Waals surface area contributed by atoms with Crippen molar-refractivity contribution in [1.29, 1.82) is 5.26 Å². The molecule has 0 N–H and O–H groups in total. The average molecular weight is 383 g/mol. The van der Waals surface area contributed by atoms with Crippen LogP contribution in [-0.2, 0) is 4.57 Å². The molecule has 0 aliphatic rings. The van der Waals surface area contributed by atoms with Crippen LogP contribution in [0.4, 0.5) is 0 Å². The number of allylic oxidation sites excluding steroid dienone is 1. The van der Waals surface area contributed by atoms with Gasteiger partial charge in [-0.3, -0.25) is 0 Å². The van der Waals surface area contributed by atoms with Gasteiger partial charge in [0.05, 0.1) is 6.07 Å². The molecule has 0 heterocycles. The molecule has 2 nitrogen and oxygen atoms in total. The summed E-state index contributed by atoms with van der Waals surface area (Å²) < 4.78 is 14.1. The van der Waals surface area contributed by atoms with Gasteiger partial charge in [0.2, 0.25) is 0 Å². The van der Waals surface area contributed by atoms with Crippen LogP contribution in [0.15, 0.2) is 71.4 Å². The van der Waals surface area contributed by atoms with Crippen LogP contribution in [0.3, 0.4) is 0 Å². The maximum atomic E-state index is 14.1. The topological polar surface area (TPSA) is 40.9 Å². The van der Waals surface area contributed by atoms with Crippen molar-refractivity contribution in [3.63, 3.8) is 0 Å². The zero-order chi connectivity index (χ0) is 18.7. The van der Waals surface area contributed by atoms with E-state index in [2.05, 4.69) is 13.0 Å². The molecule has 0 aromatic heterocycles. The summed E-state index contributed by atoms with van der Waals surface area (Å²) in [5, 5.41) is 10.6. The highest BCUT2D eigenvalue weighted by Crippen LogP contribution is 2.48. The van der Waals surface area contributed by atoms with E-state index in [4.69, 9.17) is 5.26 Å². The highest BCUT2D eigenvalue weighted by molar-refractivity contribution is 8.03. The largest absolute Gasteiger partial charge is 0.309 e. The molecule has 136 valence electrons. The molecule has 0 bridgehead atoms. The Bertz CT molecular complexity index is 737. The van der Waals surface area contributed by atoms with Crippen molar-refractivity contribution in [2.75, 3.05) is 5.75 Å². The summed E-state index contributed by atoms with van der Waals surface area (Å²) in [4.78, 5) is 1.14. The van der Waals surface area contributed by atoms with E-state index in [1.165, 1.54) is 0 Å². The smallest absolute Gasteiger partial charge is 0.164 e. The minimum atomic E-state index is -2.84. The molecule has 26 heavy (non-hydrogen) atoms. The molecule has 2 aromatic rings. The lowest BCUT2D eigenvalue weighted by molar-refractivity contribution is 0.592. The van der Waals surface area contributed by atoms with Crippen molar-refractivity contribution in [2.24, 2.45) is 0 Å². The van der Waals surface area contributed by atoms with Crippen LogP contribution in [-0.4, -0.2) is 5.75 Å². The number of benzene rings is 2. The van der Waals surface area contributed by atoms with E-state index in [-0.39, 0.29) is 0 Å². The zero-order valence-electron chi connectivity index (χ0n) is 15.3. The highest BCUT2D eigenvalue weighted by Gasteiger charge is 2.25. The Morgan fingerprint density at radius 2 is 1.62 bits per heavy atom. The third-order valence-electron chi connectivity index (χ3n) is 4.10. The second-order valence-electron chi connectivity index (χ2n) is 6.14. The lowest BCUT2D eigenvalue weighted by Gasteiger charge is -2.18. The summed E-state index contributed by atoms with van der Waals surface area (Å²) in [5.74, 6) is 3.02. The number of hydrogen-bond donors (Lipinski definition) is 0. The van der Waals surface area contributed by atoms with Gasteiger partial charge in [-0.05, 0) is 35.7 Å². The summed E-state index contributed by atoms with van der Waals surface area (Å²) in [5.41, 5.74) is 0. The first kappa shape index (κ1) is 20.6. The molecule has 2 rings (SSSR count). The maximum absolute atomic E-state index is 14.1. The first-order valence-electron chi connectivity index (χ1n) is 9.13. The number of nitrogens with zero attached hydrogens (tertiary/aromatic N) is 1. The average Bonchev–Trinajstić information content (AvgIpc) is 2.69. The lowest BCUT2D eigenvalue weighted by atomic mass is 10.2. The number of unbranched alkanes of at least 4 members (excludes halogenated alkanes) is 2. The van der Waals surface area contributed by atoms with Crippen LogP contribution < -0.4 is 10.6 Å². The fourth-order valence-electron chi connectivity index (χ4n) is 2.66. The van der Waals surface area contributed by atoms with Gasteiger partial charge in [0.25, 0.3) is 0 Å². The molecule has 0 amide bonds. The molecular weight excluding hydrogens is 357 g/mol. The molecule has 0 radical (unpaired) electrons. The molecule has 0 unspecified atom stereocenters. The van der Waals surface area contributed by atoms with E-state index in [0.717, 1.165) is 47.0 Å². The summed E-state index contributed by atoms with van der Waals surface area (Å²) in [6.07, 6.45) is 4.44. The quantitative estimate of drug-likeness (QED) is 0.369. The molecule has 0 saturated carbocycles. The van der Waals surface area contributed by atoms with Gasteiger partial charge in [0.1, 0.15) is 0 Å². The van der Waals surface area contributed by atoms with Crippen molar-refractivity contribution < 1.29 is 4.57 Å². The van der Waals surface area contributed by atoms with Crippen molar-refractivity contribution >= 4 is 29.5 Å². The van der Waals surface area contributed by atoms with E-state index >= 15 is 0 Å². The molecule has 0 aliphatic heterocycles. The van der Waals surface area contributed by atoms with Crippen molar-refractivity contribution in [2.45, 2.75) is 39.0 Å². The van der Waals surface area contributed by atoms with Gasteiger partial charge in [-0.2, -0.15) is 5.26 Å². The third kappa shape index (κ3) is 5.90. The van der Waals surface area contributed by atoms with Gasteiger partial charge in [0, 0.05) is 17.0 Å². The number of rotatable bonds is 10. The predicted octanol–water partition coefficient (Wildman–Crippen LogP) is 6.07. The third-order valence-corrected chi connectivity index (χ3v) is 8.27. The first-order valence-corrected chi connectivity index (χ1v) is 11.9. The minimum Gasteiger partial charge on any atom is -0.309 e. The van der Waals surface area contributed by atoms with E-state index in [1.807, 2.05) is 66.5 Å². The lowest BCUT2D eigenvalue weighted by Crippen LogP contribution is -2.14. The molecule has 0 spiro atoms. The van der Waals surface area contributed by atoms with Crippen LogP contribution in [0.25, 0.3) is 0 Å². The van der Waals surface area contributed by atoms with Crippen LogP contribution in [0, 0.1) is 11.3 Å². The standard InChI is InChI=1S/C22H26NOPS/c1-2-3-18-26-22(16-10-11-17-23)19-25(24,20-12-6-4-7-13-20)21-14-8-5-9-15-21/h4-9,12-15,19H,2-3,10-11,16,18H2,1H3/b22-19-. The Morgan fingerprint density at radius 3 is 2.12 bits per heavy atom. The van der Waals surface area contributed by atoms with E-state index in [0.29, 0.717) is 6.42 Å². The van der Waals surface area contributed by atoms with Crippen molar-refractivity contribution in [3.05, 3.63) is 71.4 Å². The molecule has 0 atom stereocenters. The summed E-state index contributed by atoms with van der Waals surface area (Å²) in [6.45, 7) is 2.18. The van der Waals surface area contributed by atoms with Gasteiger partial charge in [-0.25, -0.2) is 0 Å². The van der Waals surface area contributed by atoms with E-state index in [1.54, 1.807) is 11.8 Å². The van der Waals surface area contributed by atoms with Gasteiger partial charge in [-0.15, -0.1) is 11.8 Å². The van der Waals surface area contributed by atoms with E-state index in [9.17, 15) is 4.57 Å². The fourth-order valence-corrected chi connectivity index (χ4v) is 6.75. The van der Waals surface area contributed by atoms with Crippen molar-refractivity contribution in [3.8, 4) is 6.07 Å². The number of nitriles is 1. The molecule has 0 fully saturated rings. The Labute approximate surface area is 161 Å². The zero-order valence-corrected chi connectivity index (χ0v) is 17.0. The summed E-state index contributed by atoms with van der Waals surface area (Å²) in [7, 11) is -2.84. The molecule has 4 heteroatoms. The SMILES string of the molecule is CCCCS/C(=C\P(=O)(c1ccccc1)c1ccccc1)CCCC#N. The second kappa shape index (κ2) is 11.1.